The maximum absolute atomic E-state index is 5.39. The second kappa shape index (κ2) is 5.70. The molecule has 70 valence electrons. The van der Waals surface area contributed by atoms with Gasteiger partial charge >= 0.3 is 0 Å². The van der Waals surface area contributed by atoms with Crippen LogP contribution in [0.2, 0.25) is 0 Å². The third-order valence-corrected chi connectivity index (χ3v) is 1.97. The molecule has 0 aromatic carbocycles. The standard InChI is InChI=1S/C9H11BrN2O/c1-2-3-4-5-13-9-8(10)6-11-7-12-9/h2,6-7H,1,3-5H2. The van der Waals surface area contributed by atoms with Gasteiger partial charge in [0.1, 0.15) is 6.33 Å². The normalized spacial score (nSPS) is 9.62. The fourth-order valence-corrected chi connectivity index (χ4v) is 1.14. The lowest BCUT2D eigenvalue weighted by Crippen LogP contribution is -1.99. The number of unbranched alkanes of at least 4 members (excludes halogenated alkanes) is 1. The number of nitrogens with zero attached hydrogens (tertiary/aromatic N) is 2. The van der Waals surface area contributed by atoms with Crippen molar-refractivity contribution in [2.45, 2.75) is 12.8 Å². The van der Waals surface area contributed by atoms with Crippen molar-refractivity contribution >= 4 is 15.9 Å². The van der Waals surface area contributed by atoms with Crippen LogP contribution in [0.15, 0.2) is 29.7 Å². The number of hydrogen-bond donors (Lipinski definition) is 0. The predicted octanol–water partition coefficient (Wildman–Crippen LogP) is 2.58. The van der Waals surface area contributed by atoms with Crippen LogP contribution < -0.4 is 4.74 Å². The van der Waals surface area contributed by atoms with E-state index in [1.54, 1.807) is 6.20 Å². The monoisotopic (exact) mass is 242 g/mol. The third kappa shape index (κ3) is 3.55. The van der Waals surface area contributed by atoms with Crippen LogP contribution in [0.5, 0.6) is 5.88 Å². The van der Waals surface area contributed by atoms with Gasteiger partial charge in [0.05, 0.1) is 11.1 Å². The van der Waals surface area contributed by atoms with E-state index in [2.05, 4.69) is 32.5 Å². The fraction of sp³-hybridized carbons (Fsp3) is 0.333. The Morgan fingerprint density at radius 3 is 3.15 bits per heavy atom. The summed E-state index contributed by atoms with van der Waals surface area (Å²) >= 11 is 3.30. The lowest BCUT2D eigenvalue weighted by atomic mass is 10.3. The van der Waals surface area contributed by atoms with Gasteiger partial charge in [-0.2, -0.15) is 0 Å². The lowest BCUT2D eigenvalue weighted by molar-refractivity contribution is 0.297. The van der Waals surface area contributed by atoms with Gasteiger partial charge in [-0.3, -0.25) is 0 Å². The zero-order chi connectivity index (χ0) is 9.52. The Labute approximate surface area is 86.0 Å². The molecule has 0 unspecified atom stereocenters. The molecule has 3 nitrogen and oxygen atoms in total. The number of allylic oxidation sites excluding steroid dienone is 1. The first-order chi connectivity index (χ1) is 6.34. The van der Waals surface area contributed by atoms with E-state index < -0.39 is 0 Å². The molecule has 0 saturated carbocycles. The minimum absolute atomic E-state index is 0.596. The van der Waals surface area contributed by atoms with Gasteiger partial charge in [0.15, 0.2) is 0 Å². The Bertz CT molecular complexity index is 278. The van der Waals surface area contributed by atoms with Crippen molar-refractivity contribution in [3.8, 4) is 5.88 Å². The van der Waals surface area contributed by atoms with Gasteiger partial charge in [-0.15, -0.1) is 6.58 Å². The molecule has 4 heteroatoms. The molecule has 0 N–H and O–H groups in total. The first kappa shape index (κ1) is 10.2. The van der Waals surface area contributed by atoms with Crippen LogP contribution in [0.25, 0.3) is 0 Å². The van der Waals surface area contributed by atoms with Crippen molar-refractivity contribution in [2.24, 2.45) is 0 Å². The SMILES string of the molecule is C=CCCCOc1ncncc1Br. The van der Waals surface area contributed by atoms with Gasteiger partial charge in [-0.25, -0.2) is 9.97 Å². The molecular formula is C9H11BrN2O. The second-order valence-corrected chi connectivity index (χ2v) is 3.31. The first-order valence-corrected chi connectivity index (χ1v) is 4.83. The van der Waals surface area contributed by atoms with Gasteiger partial charge in [0.25, 0.3) is 0 Å². The number of rotatable bonds is 5. The first-order valence-electron chi connectivity index (χ1n) is 4.04. The van der Waals surface area contributed by atoms with Crippen molar-refractivity contribution in [3.05, 3.63) is 29.7 Å². The third-order valence-electron chi connectivity index (χ3n) is 1.43. The molecule has 0 fully saturated rings. The molecular weight excluding hydrogens is 232 g/mol. The molecule has 0 saturated heterocycles. The zero-order valence-corrected chi connectivity index (χ0v) is 8.83. The van der Waals surface area contributed by atoms with Gasteiger partial charge < -0.3 is 4.74 Å². The maximum atomic E-state index is 5.39. The van der Waals surface area contributed by atoms with Gasteiger partial charge in [0, 0.05) is 6.20 Å². The molecule has 0 amide bonds. The van der Waals surface area contributed by atoms with Crippen molar-refractivity contribution < 1.29 is 4.74 Å². The summed E-state index contributed by atoms with van der Waals surface area (Å²) in [5.74, 6) is 0.596. The van der Waals surface area contributed by atoms with E-state index in [1.165, 1.54) is 6.33 Å². The largest absolute Gasteiger partial charge is 0.477 e. The van der Waals surface area contributed by atoms with Crippen molar-refractivity contribution in [1.29, 1.82) is 0 Å². The summed E-state index contributed by atoms with van der Waals surface area (Å²) < 4.78 is 6.18. The Morgan fingerprint density at radius 1 is 1.62 bits per heavy atom. The summed E-state index contributed by atoms with van der Waals surface area (Å²) in [5, 5.41) is 0. The molecule has 0 aliphatic heterocycles. The summed E-state index contributed by atoms with van der Waals surface area (Å²) in [6, 6.07) is 0. The van der Waals surface area contributed by atoms with Crippen LogP contribution >= 0.6 is 15.9 Å². The minimum Gasteiger partial charge on any atom is -0.477 e. The highest BCUT2D eigenvalue weighted by atomic mass is 79.9. The van der Waals surface area contributed by atoms with E-state index in [-0.39, 0.29) is 0 Å². The molecule has 1 heterocycles. The quantitative estimate of drug-likeness (QED) is 0.588. The van der Waals surface area contributed by atoms with Crippen LogP contribution in [0.4, 0.5) is 0 Å². The number of halogens is 1. The molecule has 0 aliphatic carbocycles. The van der Waals surface area contributed by atoms with Gasteiger partial charge in [-0.05, 0) is 28.8 Å². The van der Waals surface area contributed by atoms with E-state index in [1.807, 2.05) is 6.08 Å². The second-order valence-electron chi connectivity index (χ2n) is 2.46. The Kier molecular flexibility index (Phi) is 4.46. The molecule has 0 radical (unpaired) electrons. The van der Waals surface area contributed by atoms with E-state index in [0.29, 0.717) is 12.5 Å². The topological polar surface area (TPSA) is 35.0 Å². The van der Waals surface area contributed by atoms with Crippen LogP contribution in [0, 0.1) is 0 Å². The van der Waals surface area contributed by atoms with E-state index in [9.17, 15) is 0 Å². The van der Waals surface area contributed by atoms with Crippen LogP contribution in [-0.4, -0.2) is 16.6 Å². The van der Waals surface area contributed by atoms with Crippen molar-refractivity contribution in [1.82, 2.24) is 9.97 Å². The summed E-state index contributed by atoms with van der Waals surface area (Å²) in [5.41, 5.74) is 0. The maximum Gasteiger partial charge on any atom is 0.231 e. The summed E-state index contributed by atoms with van der Waals surface area (Å²) in [6.07, 6.45) is 6.92. The molecule has 1 rings (SSSR count). The van der Waals surface area contributed by atoms with Crippen LogP contribution in [0.3, 0.4) is 0 Å². The number of aromatic nitrogens is 2. The molecule has 0 atom stereocenters. The highest BCUT2D eigenvalue weighted by molar-refractivity contribution is 9.10. The van der Waals surface area contributed by atoms with Gasteiger partial charge in [-0.1, -0.05) is 6.08 Å². The Balaban J connectivity index is 2.36. The smallest absolute Gasteiger partial charge is 0.231 e. The number of hydrogen-bond acceptors (Lipinski definition) is 3. The van der Waals surface area contributed by atoms with Crippen molar-refractivity contribution in [2.75, 3.05) is 6.61 Å². The van der Waals surface area contributed by atoms with E-state index in [0.717, 1.165) is 17.3 Å². The van der Waals surface area contributed by atoms with Gasteiger partial charge in [0.2, 0.25) is 5.88 Å². The summed E-state index contributed by atoms with van der Waals surface area (Å²) in [7, 11) is 0. The van der Waals surface area contributed by atoms with Crippen LogP contribution in [0.1, 0.15) is 12.8 Å². The molecule has 0 aliphatic rings. The molecule has 0 bridgehead atoms. The van der Waals surface area contributed by atoms with E-state index >= 15 is 0 Å². The zero-order valence-electron chi connectivity index (χ0n) is 7.24. The molecule has 0 spiro atoms. The van der Waals surface area contributed by atoms with Crippen molar-refractivity contribution in [3.63, 3.8) is 0 Å². The molecule has 1 aromatic rings. The highest BCUT2D eigenvalue weighted by Gasteiger charge is 2.00. The fourth-order valence-electron chi connectivity index (χ4n) is 0.804. The average molecular weight is 243 g/mol. The molecule has 1 aromatic heterocycles. The lowest BCUT2D eigenvalue weighted by Gasteiger charge is -2.04. The van der Waals surface area contributed by atoms with E-state index in [4.69, 9.17) is 4.74 Å². The Morgan fingerprint density at radius 2 is 2.46 bits per heavy atom. The highest BCUT2D eigenvalue weighted by Crippen LogP contribution is 2.19. The average Bonchev–Trinajstić information content (AvgIpc) is 2.15. The minimum atomic E-state index is 0.596. The van der Waals surface area contributed by atoms with Crippen LogP contribution in [-0.2, 0) is 0 Å². The summed E-state index contributed by atoms with van der Waals surface area (Å²) in [6.45, 7) is 4.29. The summed E-state index contributed by atoms with van der Waals surface area (Å²) in [4.78, 5) is 7.81. The predicted molar refractivity (Wildman–Crippen MR) is 54.7 cm³/mol. The number of ether oxygens (including phenoxy) is 1. The molecule has 13 heavy (non-hydrogen) atoms. The Hall–Kier alpha value is -0.900.